The summed E-state index contributed by atoms with van der Waals surface area (Å²) in [5.41, 5.74) is 2.47. The van der Waals surface area contributed by atoms with Crippen LogP contribution in [0.5, 0.6) is 0 Å². The third-order valence-corrected chi connectivity index (χ3v) is 6.29. The van der Waals surface area contributed by atoms with Crippen molar-refractivity contribution in [3.63, 3.8) is 0 Å². The number of thiophene rings is 1. The monoisotopic (exact) mass is 329 g/mol. The van der Waals surface area contributed by atoms with E-state index >= 15 is 0 Å². The van der Waals surface area contributed by atoms with Crippen LogP contribution in [0.2, 0.25) is 0 Å². The second-order valence-electron chi connectivity index (χ2n) is 6.85. The van der Waals surface area contributed by atoms with E-state index in [1.807, 2.05) is 11.8 Å². The summed E-state index contributed by atoms with van der Waals surface area (Å²) in [6.07, 6.45) is 7.80. The van der Waals surface area contributed by atoms with Gasteiger partial charge in [0.2, 0.25) is 0 Å². The minimum atomic E-state index is 0.222. The lowest BCUT2D eigenvalue weighted by Gasteiger charge is -2.32. The van der Waals surface area contributed by atoms with Crippen molar-refractivity contribution >= 4 is 17.2 Å². The first kappa shape index (κ1) is 14.9. The molecule has 0 saturated carbocycles. The van der Waals surface area contributed by atoms with Gasteiger partial charge in [0.25, 0.3) is 5.91 Å². The molecular weight excluding hydrogens is 306 g/mol. The van der Waals surface area contributed by atoms with Crippen LogP contribution in [0.1, 0.15) is 56.8 Å². The molecule has 3 heterocycles. The Balaban J connectivity index is 1.52. The number of aromatic nitrogens is 2. The zero-order chi connectivity index (χ0) is 16.0. The van der Waals surface area contributed by atoms with Crippen LogP contribution in [0.25, 0.3) is 0 Å². The largest absolute Gasteiger partial charge is 0.337 e. The van der Waals surface area contributed by atoms with Gasteiger partial charge in [-0.25, -0.2) is 4.98 Å². The number of fused-ring (bicyclic) bond motifs is 1. The first-order chi connectivity index (χ1) is 11.1. The average Bonchev–Trinajstić information content (AvgIpc) is 3.21. The number of carbonyl (C=O) groups excluding carboxylic acids is 1. The van der Waals surface area contributed by atoms with Gasteiger partial charge < -0.3 is 9.47 Å². The molecule has 4 nitrogen and oxygen atoms in total. The molecule has 0 aromatic carbocycles. The number of carbonyl (C=O) groups is 1. The number of aryl methyl sites for hydroxylation is 4. The van der Waals surface area contributed by atoms with Crippen molar-refractivity contribution in [3.8, 4) is 0 Å². The third kappa shape index (κ3) is 2.71. The van der Waals surface area contributed by atoms with E-state index in [1.165, 1.54) is 16.9 Å². The molecule has 122 valence electrons. The fraction of sp³-hybridized carbons (Fsp3) is 0.556. The van der Waals surface area contributed by atoms with Crippen molar-refractivity contribution in [1.29, 1.82) is 0 Å². The lowest BCUT2D eigenvalue weighted by atomic mass is 9.97. The Morgan fingerprint density at radius 2 is 2.22 bits per heavy atom. The number of amides is 1. The van der Waals surface area contributed by atoms with Gasteiger partial charge >= 0.3 is 0 Å². The summed E-state index contributed by atoms with van der Waals surface area (Å²) in [7, 11) is 2.06. The number of imidazole rings is 1. The van der Waals surface area contributed by atoms with Gasteiger partial charge in [-0.05, 0) is 50.7 Å². The first-order valence-electron chi connectivity index (χ1n) is 8.52. The van der Waals surface area contributed by atoms with E-state index in [2.05, 4.69) is 28.9 Å². The van der Waals surface area contributed by atoms with Gasteiger partial charge in [-0.1, -0.05) is 0 Å². The van der Waals surface area contributed by atoms with E-state index in [1.54, 1.807) is 11.3 Å². The number of nitrogens with zero attached hydrogens (tertiary/aromatic N) is 3. The maximum Gasteiger partial charge on any atom is 0.263 e. The Bertz CT molecular complexity index is 724. The molecule has 0 bridgehead atoms. The molecule has 0 radical (unpaired) electrons. The number of rotatable bonds is 2. The summed E-state index contributed by atoms with van der Waals surface area (Å²) < 4.78 is 2.12. The lowest BCUT2D eigenvalue weighted by molar-refractivity contribution is 0.0708. The van der Waals surface area contributed by atoms with E-state index in [0.717, 1.165) is 55.2 Å². The molecule has 1 fully saturated rings. The summed E-state index contributed by atoms with van der Waals surface area (Å²) in [6, 6.07) is 2.14. The summed E-state index contributed by atoms with van der Waals surface area (Å²) >= 11 is 1.72. The predicted molar refractivity (Wildman–Crippen MR) is 92.2 cm³/mol. The average molecular weight is 329 g/mol. The fourth-order valence-electron chi connectivity index (χ4n) is 3.98. The van der Waals surface area contributed by atoms with E-state index in [9.17, 15) is 4.79 Å². The van der Waals surface area contributed by atoms with Gasteiger partial charge in [-0.15, -0.1) is 11.3 Å². The first-order valence-corrected chi connectivity index (χ1v) is 9.34. The van der Waals surface area contributed by atoms with Gasteiger partial charge in [0.15, 0.2) is 0 Å². The quantitative estimate of drug-likeness (QED) is 0.848. The van der Waals surface area contributed by atoms with Gasteiger partial charge in [0, 0.05) is 37.1 Å². The second-order valence-corrected chi connectivity index (χ2v) is 7.99. The minimum Gasteiger partial charge on any atom is -0.337 e. The lowest BCUT2D eigenvalue weighted by Crippen LogP contribution is -2.39. The zero-order valence-corrected chi connectivity index (χ0v) is 14.7. The third-order valence-electron chi connectivity index (χ3n) is 5.06. The molecule has 2 aromatic rings. The maximum atomic E-state index is 12.9. The van der Waals surface area contributed by atoms with Crippen LogP contribution in [-0.4, -0.2) is 33.4 Å². The molecule has 1 aliphatic carbocycles. The molecule has 1 saturated heterocycles. The highest BCUT2D eigenvalue weighted by molar-refractivity contribution is 7.14. The van der Waals surface area contributed by atoms with E-state index in [4.69, 9.17) is 0 Å². The smallest absolute Gasteiger partial charge is 0.263 e. The number of hydrogen-bond acceptors (Lipinski definition) is 3. The highest BCUT2D eigenvalue weighted by atomic mass is 32.1. The van der Waals surface area contributed by atoms with Gasteiger partial charge in [-0.2, -0.15) is 0 Å². The van der Waals surface area contributed by atoms with Crippen LogP contribution in [0.3, 0.4) is 0 Å². The van der Waals surface area contributed by atoms with Crippen molar-refractivity contribution in [2.45, 2.75) is 44.9 Å². The van der Waals surface area contributed by atoms with E-state index in [0.29, 0.717) is 5.92 Å². The number of likely N-dealkylation sites (tertiary alicyclic amines) is 1. The molecule has 2 aliphatic rings. The number of piperidine rings is 1. The second kappa shape index (κ2) is 5.78. The maximum absolute atomic E-state index is 12.9. The molecule has 0 N–H and O–H groups in total. The van der Waals surface area contributed by atoms with Crippen molar-refractivity contribution in [3.05, 3.63) is 39.1 Å². The molecule has 1 aliphatic heterocycles. The van der Waals surface area contributed by atoms with Crippen molar-refractivity contribution in [2.75, 3.05) is 13.1 Å². The predicted octanol–water partition coefficient (Wildman–Crippen LogP) is 3.30. The Morgan fingerprint density at radius 1 is 1.35 bits per heavy atom. The van der Waals surface area contributed by atoms with Gasteiger partial charge in [-0.3, -0.25) is 4.79 Å². The van der Waals surface area contributed by atoms with E-state index < -0.39 is 0 Å². The molecule has 1 unspecified atom stereocenters. The molecular formula is C18H23N3OS. The molecule has 1 amide bonds. The normalized spacial score (nSPS) is 20.8. The zero-order valence-electron chi connectivity index (χ0n) is 13.8. The summed E-state index contributed by atoms with van der Waals surface area (Å²) in [5, 5.41) is 0. The van der Waals surface area contributed by atoms with Crippen LogP contribution in [0.4, 0.5) is 0 Å². The number of hydrogen-bond donors (Lipinski definition) is 0. The molecule has 0 spiro atoms. The van der Waals surface area contributed by atoms with Crippen LogP contribution in [0.15, 0.2) is 12.3 Å². The summed E-state index contributed by atoms with van der Waals surface area (Å²) in [4.78, 5) is 22.0. The molecule has 5 heteroatoms. The highest BCUT2D eigenvalue weighted by Crippen LogP contribution is 2.33. The van der Waals surface area contributed by atoms with Crippen molar-refractivity contribution in [1.82, 2.24) is 14.5 Å². The molecule has 23 heavy (non-hydrogen) atoms. The van der Waals surface area contributed by atoms with E-state index in [-0.39, 0.29) is 5.91 Å². The van der Waals surface area contributed by atoms with Crippen LogP contribution >= 0.6 is 11.3 Å². The topological polar surface area (TPSA) is 38.1 Å². The van der Waals surface area contributed by atoms with Gasteiger partial charge in [0.1, 0.15) is 5.82 Å². The molecule has 4 rings (SSSR count). The summed E-state index contributed by atoms with van der Waals surface area (Å²) in [6.45, 7) is 3.70. The van der Waals surface area contributed by atoms with Crippen LogP contribution in [-0.2, 0) is 19.9 Å². The Morgan fingerprint density at radius 3 is 2.96 bits per heavy atom. The Hall–Kier alpha value is -1.62. The van der Waals surface area contributed by atoms with Crippen molar-refractivity contribution in [2.24, 2.45) is 7.05 Å². The Kier molecular flexibility index (Phi) is 3.76. The standard InChI is InChI=1S/C18H23N3OS/c1-12-10-20(2)17(19-12)14-6-4-8-21(11-14)18(22)16-9-13-5-3-7-15(13)23-16/h9-10,14H,3-8,11H2,1-2H3. The Labute approximate surface area is 141 Å². The minimum absolute atomic E-state index is 0.222. The van der Waals surface area contributed by atoms with Crippen molar-refractivity contribution < 1.29 is 4.79 Å². The molecule has 2 aromatic heterocycles. The highest BCUT2D eigenvalue weighted by Gasteiger charge is 2.29. The van der Waals surface area contributed by atoms with Crippen LogP contribution < -0.4 is 0 Å². The van der Waals surface area contributed by atoms with Crippen LogP contribution in [0, 0.1) is 6.92 Å². The SMILES string of the molecule is Cc1cn(C)c(C2CCCN(C(=O)c3cc4c(s3)CCC4)C2)n1. The summed E-state index contributed by atoms with van der Waals surface area (Å²) in [5.74, 6) is 1.70. The fourth-order valence-corrected chi connectivity index (χ4v) is 5.20. The van der Waals surface area contributed by atoms with Gasteiger partial charge in [0.05, 0.1) is 10.6 Å². The molecule has 1 atom stereocenters.